The molecule has 12 nitrogen and oxygen atoms in total. The van der Waals surface area contributed by atoms with E-state index in [1.54, 1.807) is 0 Å². The predicted octanol–water partition coefficient (Wildman–Crippen LogP) is 9.02. The van der Waals surface area contributed by atoms with E-state index in [0.717, 1.165) is 86.3 Å². The summed E-state index contributed by atoms with van der Waals surface area (Å²) in [6.45, 7) is 14.8. The Bertz CT molecular complexity index is 2340. The molecule has 294 valence electrons. The third-order valence-electron chi connectivity index (χ3n) is 11.5. The van der Waals surface area contributed by atoms with E-state index in [1.807, 2.05) is 57.4 Å². The topological polar surface area (TPSA) is 142 Å². The molecule has 0 saturated carbocycles. The molecule has 0 spiro atoms. The van der Waals surface area contributed by atoms with Crippen LogP contribution >= 0.6 is 0 Å². The van der Waals surface area contributed by atoms with Crippen molar-refractivity contribution >= 4 is 39.9 Å². The van der Waals surface area contributed by atoms with Crippen LogP contribution in [0.2, 0.25) is 0 Å². The lowest BCUT2D eigenvalue weighted by Gasteiger charge is -2.32. The van der Waals surface area contributed by atoms with Gasteiger partial charge in [-0.25, -0.2) is 14.6 Å². The summed E-state index contributed by atoms with van der Waals surface area (Å²) in [7, 11) is 1.30. The molecule has 3 N–H and O–H groups in total. The number of carbonyl (C=O) groups excluding carboxylic acids is 3. The molecule has 0 aliphatic carbocycles. The van der Waals surface area contributed by atoms with E-state index in [1.165, 1.54) is 7.11 Å². The fourth-order valence-corrected chi connectivity index (χ4v) is 8.75. The zero-order chi connectivity index (χ0) is 39.6. The SMILES string of the molecule is COC(=O)NC(C(=O)N1[C@@H](C)CC[C@H]1c1nc2c(ccc3cc4c(cc32)OCc2cc(-c3ccc([C@@H]5C[C@H](C)CN5C(=O)OC(C)(C)C)[nH]3)ccc2-4)[nH]1)C(C)C. The largest absolute Gasteiger partial charge is 0.488 e. The summed E-state index contributed by atoms with van der Waals surface area (Å²) >= 11 is 0. The second kappa shape index (κ2) is 14.2. The highest BCUT2D eigenvalue weighted by molar-refractivity contribution is 6.07. The third-order valence-corrected chi connectivity index (χ3v) is 11.5. The van der Waals surface area contributed by atoms with E-state index < -0.39 is 17.7 Å². The number of amides is 3. The molecule has 2 saturated heterocycles. The van der Waals surface area contributed by atoms with Crippen LogP contribution in [-0.2, 0) is 20.9 Å². The van der Waals surface area contributed by atoms with Crippen LogP contribution < -0.4 is 10.1 Å². The summed E-state index contributed by atoms with van der Waals surface area (Å²) in [6, 6.07) is 18.0. The van der Waals surface area contributed by atoms with Gasteiger partial charge in [0.1, 0.15) is 29.8 Å². The summed E-state index contributed by atoms with van der Waals surface area (Å²) in [6.07, 6.45) is 1.57. The van der Waals surface area contributed by atoms with Crippen molar-refractivity contribution in [3.63, 3.8) is 0 Å². The number of likely N-dealkylation sites (tertiary alicyclic amines) is 2. The zero-order valence-corrected chi connectivity index (χ0v) is 33.5. The molecule has 12 heteroatoms. The van der Waals surface area contributed by atoms with Gasteiger partial charge >= 0.3 is 12.2 Å². The maximum absolute atomic E-state index is 13.9. The van der Waals surface area contributed by atoms with Gasteiger partial charge < -0.3 is 34.4 Å². The minimum absolute atomic E-state index is 0.0103. The Balaban J connectivity index is 1.06. The number of aromatic amines is 2. The monoisotopic (exact) mass is 760 g/mol. The van der Waals surface area contributed by atoms with Gasteiger partial charge in [0.2, 0.25) is 5.91 Å². The number of H-pyrrole nitrogens is 2. The average Bonchev–Trinajstić information content (AvgIpc) is 3.97. The molecule has 56 heavy (non-hydrogen) atoms. The first-order chi connectivity index (χ1) is 26.7. The first kappa shape index (κ1) is 37.4. The number of aromatic nitrogens is 3. The molecule has 1 unspecified atom stereocenters. The number of alkyl carbamates (subject to hydrolysis) is 1. The standard InChI is InChI=1S/C44H52N6O6/c1-23(2)38(48-42(52)54-8)41(51)50-25(4)9-16-35(50)40-46-34-13-11-26-19-31-29-12-10-27(18-28(29)22-55-37(31)20-30(26)39(34)47-40)32-14-15-33(45-32)36-17-24(3)21-49(36)43(53)56-44(5,6)7/h10-15,18-20,23-25,35-36,38,45H,9,16-17,21-22H2,1-8H3,(H,46,47)(H,48,52)/t24-,25-,35-,36-,38?/m0/s1. The lowest BCUT2D eigenvalue weighted by Crippen LogP contribution is -2.52. The van der Waals surface area contributed by atoms with Crippen molar-refractivity contribution in [1.29, 1.82) is 0 Å². The van der Waals surface area contributed by atoms with Crippen LogP contribution in [0.3, 0.4) is 0 Å². The van der Waals surface area contributed by atoms with Crippen molar-refractivity contribution < 1.29 is 28.6 Å². The van der Waals surface area contributed by atoms with Crippen LogP contribution in [0.1, 0.15) is 96.9 Å². The van der Waals surface area contributed by atoms with E-state index in [2.05, 4.69) is 70.7 Å². The van der Waals surface area contributed by atoms with Crippen molar-refractivity contribution in [2.24, 2.45) is 11.8 Å². The number of nitrogens with one attached hydrogen (secondary N) is 3. The van der Waals surface area contributed by atoms with Gasteiger partial charge in [0.15, 0.2) is 0 Å². The molecule has 5 aromatic rings. The van der Waals surface area contributed by atoms with Gasteiger partial charge in [-0.3, -0.25) is 9.69 Å². The highest BCUT2D eigenvalue weighted by Gasteiger charge is 2.42. The van der Waals surface area contributed by atoms with Gasteiger partial charge in [-0.05, 0) is 117 Å². The van der Waals surface area contributed by atoms with E-state index in [4.69, 9.17) is 19.2 Å². The Morgan fingerprint density at radius 1 is 0.964 bits per heavy atom. The second-order valence-corrected chi connectivity index (χ2v) is 17.2. The molecule has 8 rings (SSSR count). The average molecular weight is 761 g/mol. The quantitative estimate of drug-likeness (QED) is 0.157. The second-order valence-electron chi connectivity index (χ2n) is 17.2. The number of methoxy groups -OCH3 is 1. The lowest BCUT2D eigenvalue weighted by molar-refractivity contribution is -0.137. The number of ether oxygens (including phenoxy) is 3. The molecule has 2 fully saturated rings. The van der Waals surface area contributed by atoms with E-state index in [-0.39, 0.29) is 36.0 Å². The van der Waals surface area contributed by atoms with Crippen molar-refractivity contribution in [2.45, 2.75) is 104 Å². The number of nitrogens with zero attached hydrogens (tertiary/aromatic N) is 3. The Morgan fingerprint density at radius 3 is 2.52 bits per heavy atom. The first-order valence-corrected chi connectivity index (χ1v) is 19.8. The van der Waals surface area contributed by atoms with Gasteiger partial charge in [0.25, 0.3) is 0 Å². The normalized spacial score (nSPS) is 21.2. The van der Waals surface area contributed by atoms with E-state index >= 15 is 0 Å². The lowest BCUT2D eigenvalue weighted by atomic mass is 9.92. The number of carbonyl (C=O) groups is 3. The third kappa shape index (κ3) is 6.83. The molecule has 2 aromatic heterocycles. The molecular formula is C44H52N6O6. The Hall–Kier alpha value is -5.52. The molecule has 3 aliphatic rings. The maximum Gasteiger partial charge on any atom is 0.410 e. The van der Waals surface area contributed by atoms with E-state index in [9.17, 15) is 14.4 Å². The number of benzene rings is 3. The fourth-order valence-electron chi connectivity index (χ4n) is 8.75. The predicted molar refractivity (Wildman–Crippen MR) is 215 cm³/mol. The van der Waals surface area contributed by atoms with Crippen LogP contribution in [0, 0.1) is 11.8 Å². The van der Waals surface area contributed by atoms with Crippen molar-refractivity contribution in [3.8, 4) is 28.1 Å². The van der Waals surface area contributed by atoms with Crippen molar-refractivity contribution in [1.82, 2.24) is 30.1 Å². The number of hydrogen-bond donors (Lipinski definition) is 3. The minimum atomic E-state index is -0.712. The minimum Gasteiger partial charge on any atom is -0.488 e. The highest BCUT2D eigenvalue weighted by Crippen LogP contribution is 2.44. The fraction of sp³-hybridized carbons (Fsp3) is 0.455. The Kier molecular flexibility index (Phi) is 9.49. The van der Waals surface area contributed by atoms with Gasteiger partial charge in [-0.2, -0.15) is 0 Å². The number of hydrogen-bond acceptors (Lipinski definition) is 7. The molecule has 3 aliphatic heterocycles. The van der Waals surface area contributed by atoms with Gasteiger partial charge in [0.05, 0.1) is 30.2 Å². The molecular weight excluding hydrogens is 709 g/mol. The van der Waals surface area contributed by atoms with Gasteiger partial charge in [-0.15, -0.1) is 0 Å². The summed E-state index contributed by atoms with van der Waals surface area (Å²) in [5.74, 6) is 1.65. The van der Waals surface area contributed by atoms with Crippen LogP contribution in [-0.4, -0.2) is 74.2 Å². The summed E-state index contributed by atoms with van der Waals surface area (Å²) < 4.78 is 17.0. The molecule has 0 bridgehead atoms. The molecule has 5 heterocycles. The molecule has 5 atom stereocenters. The van der Waals surface area contributed by atoms with Gasteiger partial charge in [0, 0.05) is 34.9 Å². The molecule has 3 aromatic carbocycles. The van der Waals surface area contributed by atoms with Crippen LogP contribution in [0.5, 0.6) is 5.75 Å². The maximum atomic E-state index is 13.9. The molecule has 0 radical (unpaired) electrons. The van der Waals surface area contributed by atoms with Crippen LogP contribution in [0.4, 0.5) is 9.59 Å². The highest BCUT2D eigenvalue weighted by atomic mass is 16.6. The van der Waals surface area contributed by atoms with E-state index in [0.29, 0.717) is 19.1 Å². The summed E-state index contributed by atoms with van der Waals surface area (Å²) in [5.41, 5.74) is 7.47. The zero-order valence-electron chi connectivity index (χ0n) is 33.5. The van der Waals surface area contributed by atoms with Crippen LogP contribution in [0.25, 0.3) is 44.2 Å². The van der Waals surface area contributed by atoms with Crippen LogP contribution in [0.15, 0.2) is 54.6 Å². The summed E-state index contributed by atoms with van der Waals surface area (Å²) in [5, 5.41) is 4.76. The summed E-state index contributed by atoms with van der Waals surface area (Å²) in [4.78, 5) is 55.1. The molecule has 3 amide bonds. The van der Waals surface area contributed by atoms with Crippen molar-refractivity contribution in [3.05, 3.63) is 71.7 Å². The number of rotatable bonds is 6. The number of fused-ring (bicyclic) bond motifs is 6. The van der Waals surface area contributed by atoms with Crippen molar-refractivity contribution in [2.75, 3.05) is 13.7 Å². The van der Waals surface area contributed by atoms with Gasteiger partial charge in [-0.1, -0.05) is 39.0 Å². The number of imidazole rings is 1. The smallest absolute Gasteiger partial charge is 0.410 e. The Morgan fingerprint density at radius 2 is 1.77 bits per heavy atom. The first-order valence-electron chi connectivity index (χ1n) is 19.8. The Labute approximate surface area is 327 Å².